The van der Waals surface area contributed by atoms with Gasteiger partial charge in [0.15, 0.2) is 6.61 Å². The van der Waals surface area contributed by atoms with Crippen molar-refractivity contribution < 1.29 is 19.4 Å². The summed E-state index contributed by atoms with van der Waals surface area (Å²) in [5.41, 5.74) is 2.78. The Balaban J connectivity index is 1.98. The van der Waals surface area contributed by atoms with E-state index in [4.69, 9.17) is 9.84 Å². The monoisotopic (exact) mass is 493 g/mol. The van der Waals surface area contributed by atoms with Gasteiger partial charge in [0.1, 0.15) is 5.75 Å². The van der Waals surface area contributed by atoms with Gasteiger partial charge in [0.25, 0.3) is 5.91 Å². The van der Waals surface area contributed by atoms with Gasteiger partial charge >= 0.3 is 5.97 Å². The summed E-state index contributed by atoms with van der Waals surface area (Å²) >= 11 is 0. The zero-order valence-corrected chi connectivity index (χ0v) is 21.9. The van der Waals surface area contributed by atoms with Crippen LogP contribution in [0, 0.1) is 0 Å². The lowest BCUT2D eigenvalue weighted by Crippen LogP contribution is -2.57. The zero-order chi connectivity index (χ0) is 26.2. The summed E-state index contributed by atoms with van der Waals surface area (Å²) < 4.78 is 5.49. The van der Waals surface area contributed by atoms with Gasteiger partial charge in [0.05, 0.1) is 6.04 Å². The quantitative estimate of drug-likeness (QED) is 0.471. The Kier molecular flexibility index (Phi) is 9.67. The van der Waals surface area contributed by atoms with E-state index in [1.54, 1.807) is 6.07 Å². The molecule has 0 aromatic heterocycles. The van der Waals surface area contributed by atoms with Crippen molar-refractivity contribution in [3.05, 3.63) is 77.9 Å². The minimum atomic E-state index is -1.01. The van der Waals surface area contributed by atoms with Gasteiger partial charge in [-0.05, 0) is 63.1 Å². The number of hydrogen-bond donors (Lipinski definition) is 1. The molecule has 1 amide bonds. The van der Waals surface area contributed by atoms with E-state index in [9.17, 15) is 9.59 Å². The number of carboxylic acids is 1. The van der Waals surface area contributed by atoms with Crippen molar-refractivity contribution in [1.82, 2.24) is 14.7 Å². The van der Waals surface area contributed by atoms with Crippen molar-refractivity contribution in [2.45, 2.75) is 45.8 Å². The fourth-order valence-electron chi connectivity index (χ4n) is 5.00. The van der Waals surface area contributed by atoms with Crippen molar-refractivity contribution >= 4 is 11.9 Å². The molecule has 2 aromatic rings. The van der Waals surface area contributed by atoms with Crippen molar-refractivity contribution in [2.24, 2.45) is 0 Å². The highest BCUT2D eigenvalue weighted by atomic mass is 16.5. The first kappa shape index (κ1) is 27.4. The van der Waals surface area contributed by atoms with Crippen LogP contribution in [0.2, 0.25) is 0 Å². The van der Waals surface area contributed by atoms with E-state index >= 15 is 0 Å². The third kappa shape index (κ3) is 6.53. The molecule has 1 aliphatic rings. The van der Waals surface area contributed by atoms with E-state index in [1.807, 2.05) is 61.2 Å². The summed E-state index contributed by atoms with van der Waals surface area (Å²) in [5, 5.41) is 9.04. The molecule has 1 N–H and O–H groups in total. The first-order valence-electron chi connectivity index (χ1n) is 12.7. The molecule has 0 radical (unpaired) electrons. The fourth-order valence-corrected chi connectivity index (χ4v) is 5.00. The number of aliphatic carboxylic acids is 1. The molecule has 7 heteroatoms. The third-order valence-corrected chi connectivity index (χ3v) is 6.92. The molecule has 1 saturated heterocycles. The number of benzene rings is 2. The van der Waals surface area contributed by atoms with E-state index < -0.39 is 5.97 Å². The van der Waals surface area contributed by atoms with Crippen LogP contribution in [0.25, 0.3) is 0 Å². The zero-order valence-electron chi connectivity index (χ0n) is 21.9. The second kappa shape index (κ2) is 12.7. The summed E-state index contributed by atoms with van der Waals surface area (Å²) in [6.07, 6.45) is 1.95. The molecule has 0 saturated carbocycles. The largest absolute Gasteiger partial charge is 0.482 e. The Labute approximate surface area is 215 Å². The fraction of sp³-hybridized carbons (Fsp3) is 0.448. The van der Waals surface area contributed by atoms with Crippen molar-refractivity contribution in [3.63, 3.8) is 0 Å². The standard InChI is InChI=1S/C29H39N3O4/c1-6-16-31-18-22(5)32(19-21(31)4)28(25-10-9-11-26(17-25)36-20-27(33)34)23-12-14-24(15-13-23)29(35)30(7-2)8-3/h6,9-15,17,21-22,28H,1,7-8,16,18-20H2,2-5H3,(H,33,34)/t21-,22+,28-/m1/s1. The third-order valence-electron chi connectivity index (χ3n) is 6.92. The number of rotatable bonds is 11. The number of nitrogens with zero attached hydrogens (tertiary/aromatic N) is 3. The van der Waals surface area contributed by atoms with Crippen LogP contribution >= 0.6 is 0 Å². The Hall–Kier alpha value is -3.16. The van der Waals surface area contributed by atoms with Crippen LogP contribution in [0.4, 0.5) is 0 Å². The minimum Gasteiger partial charge on any atom is -0.482 e. The summed E-state index contributed by atoms with van der Waals surface area (Å²) in [6, 6.07) is 16.1. The molecule has 1 heterocycles. The maximum absolute atomic E-state index is 12.9. The van der Waals surface area contributed by atoms with Gasteiger partial charge in [-0.25, -0.2) is 4.79 Å². The molecule has 0 unspecified atom stereocenters. The van der Waals surface area contributed by atoms with Crippen LogP contribution in [-0.4, -0.2) is 83.1 Å². The summed E-state index contributed by atoms with van der Waals surface area (Å²) in [4.78, 5) is 30.6. The molecular formula is C29H39N3O4. The lowest BCUT2D eigenvalue weighted by Gasteiger charge is -2.47. The van der Waals surface area contributed by atoms with E-state index in [-0.39, 0.29) is 24.6 Å². The van der Waals surface area contributed by atoms with Crippen molar-refractivity contribution in [2.75, 3.05) is 39.3 Å². The summed E-state index contributed by atoms with van der Waals surface area (Å²) in [7, 11) is 0. The average molecular weight is 494 g/mol. The van der Waals surface area contributed by atoms with Gasteiger partial charge < -0.3 is 14.7 Å². The molecule has 0 aliphatic carbocycles. The summed E-state index contributed by atoms with van der Waals surface area (Å²) in [5.74, 6) is -0.447. The molecule has 194 valence electrons. The van der Waals surface area contributed by atoms with Gasteiger partial charge in [0.2, 0.25) is 0 Å². The maximum Gasteiger partial charge on any atom is 0.341 e. The van der Waals surface area contributed by atoms with Gasteiger partial charge in [-0.1, -0.05) is 30.3 Å². The van der Waals surface area contributed by atoms with Crippen LogP contribution in [0.1, 0.15) is 55.2 Å². The molecule has 0 bridgehead atoms. The molecule has 3 atom stereocenters. The Morgan fingerprint density at radius 2 is 1.78 bits per heavy atom. The molecule has 1 aliphatic heterocycles. The Bertz CT molecular complexity index is 1040. The molecule has 7 nitrogen and oxygen atoms in total. The number of hydrogen-bond acceptors (Lipinski definition) is 5. The normalized spacial score (nSPS) is 19.4. The number of carbonyl (C=O) groups excluding carboxylic acids is 1. The number of piperazine rings is 1. The van der Waals surface area contributed by atoms with Crippen LogP contribution in [0.15, 0.2) is 61.2 Å². The Morgan fingerprint density at radius 3 is 2.39 bits per heavy atom. The van der Waals surface area contributed by atoms with Crippen molar-refractivity contribution in [3.8, 4) is 5.75 Å². The molecule has 1 fully saturated rings. The Morgan fingerprint density at radius 1 is 1.08 bits per heavy atom. The SMILES string of the molecule is C=CCN1C[C@H](C)N([C@H](c2ccc(C(=O)N(CC)CC)cc2)c2cccc(OCC(=O)O)c2)C[C@H]1C. The van der Waals surface area contributed by atoms with Gasteiger partial charge in [-0.3, -0.25) is 14.6 Å². The molecule has 0 spiro atoms. The predicted octanol–water partition coefficient (Wildman–Crippen LogP) is 4.30. The highest BCUT2D eigenvalue weighted by molar-refractivity contribution is 5.94. The minimum absolute atomic E-state index is 0.0344. The topological polar surface area (TPSA) is 73.3 Å². The number of ether oxygens (including phenoxy) is 1. The predicted molar refractivity (Wildman–Crippen MR) is 143 cm³/mol. The first-order valence-corrected chi connectivity index (χ1v) is 12.7. The van der Waals surface area contributed by atoms with Crippen LogP contribution in [0.3, 0.4) is 0 Å². The van der Waals surface area contributed by atoms with Gasteiger partial charge in [-0.15, -0.1) is 6.58 Å². The second-order valence-corrected chi connectivity index (χ2v) is 9.39. The van der Waals surface area contributed by atoms with Crippen molar-refractivity contribution in [1.29, 1.82) is 0 Å². The van der Waals surface area contributed by atoms with E-state index in [2.05, 4.69) is 36.3 Å². The first-order chi connectivity index (χ1) is 17.3. The van der Waals surface area contributed by atoms with Gasteiger partial charge in [0, 0.05) is 50.4 Å². The number of amides is 1. The summed E-state index contributed by atoms with van der Waals surface area (Å²) in [6.45, 7) is 15.9. The molecule has 3 rings (SSSR count). The van der Waals surface area contributed by atoms with Crippen LogP contribution in [-0.2, 0) is 4.79 Å². The second-order valence-electron chi connectivity index (χ2n) is 9.39. The van der Waals surface area contributed by atoms with Gasteiger partial charge in [-0.2, -0.15) is 0 Å². The lowest BCUT2D eigenvalue weighted by molar-refractivity contribution is -0.139. The highest BCUT2D eigenvalue weighted by Crippen LogP contribution is 2.35. The van der Waals surface area contributed by atoms with E-state index in [0.29, 0.717) is 30.4 Å². The van der Waals surface area contributed by atoms with E-state index in [0.717, 1.165) is 30.8 Å². The smallest absolute Gasteiger partial charge is 0.341 e. The van der Waals surface area contributed by atoms with Crippen LogP contribution in [0.5, 0.6) is 5.75 Å². The molecule has 36 heavy (non-hydrogen) atoms. The molecular weight excluding hydrogens is 454 g/mol. The highest BCUT2D eigenvalue weighted by Gasteiger charge is 2.34. The maximum atomic E-state index is 12.9. The number of carbonyl (C=O) groups is 2. The lowest BCUT2D eigenvalue weighted by atomic mass is 9.92. The molecule has 2 aromatic carbocycles. The van der Waals surface area contributed by atoms with Crippen LogP contribution < -0.4 is 4.74 Å². The average Bonchev–Trinajstić information content (AvgIpc) is 2.87. The number of carboxylic acid groups (broad SMARTS) is 1. The van der Waals surface area contributed by atoms with E-state index in [1.165, 1.54) is 0 Å².